The highest BCUT2D eigenvalue weighted by Gasteiger charge is 2.21. The molecule has 0 heterocycles. The number of carbonyl (C=O) groups is 1. The minimum Gasteiger partial charge on any atom is -0.496 e. The highest BCUT2D eigenvalue weighted by Crippen LogP contribution is 2.32. The van der Waals surface area contributed by atoms with Gasteiger partial charge >= 0.3 is 11.7 Å². The van der Waals surface area contributed by atoms with Gasteiger partial charge in [0.2, 0.25) is 5.75 Å². The first kappa shape index (κ1) is 16.7. The number of halogens is 2. The molecular formula is C14H9BrINO5. The smallest absolute Gasteiger partial charge is 0.344 e. The van der Waals surface area contributed by atoms with E-state index in [0.717, 1.165) is 0 Å². The largest absolute Gasteiger partial charge is 0.496 e. The molecule has 0 spiro atoms. The average molecular weight is 478 g/mol. The summed E-state index contributed by atoms with van der Waals surface area (Å²) >= 11 is 5.26. The fraction of sp³-hybridized carbons (Fsp3) is 0.0714. The summed E-state index contributed by atoms with van der Waals surface area (Å²) in [6.45, 7) is 0. The van der Waals surface area contributed by atoms with Crippen LogP contribution in [0.2, 0.25) is 0 Å². The Hall–Kier alpha value is -1.68. The molecule has 114 valence electrons. The molecule has 0 aliphatic rings. The van der Waals surface area contributed by atoms with Gasteiger partial charge in [0.15, 0.2) is 0 Å². The number of nitro benzene ring substituents is 1. The van der Waals surface area contributed by atoms with Gasteiger partial charge in [-0.15, -0.1) is 0 Å². The number of benzene rings is 2. The van der Waals surface area contributed by atoms with Crippen LogP contribution in [0.3, 0.4) is 0 Å². The van der Waals surface area contributed by atoms with Gasteiger partial charge in [0.1, 0.15) is 5.75 Å². The van der Waals surface area contributed by atoms with Gasteiger partial charge in [-0.2, -0.15) is 0 Å². The maximum atomic E-state index is 12.2. The Morgan fingerprint density at radius 3 is 2.64 bits per heavy atom. The zero-order chi connectivity index (χ0) is 16.3. The zero-order valence-electron chi connectivity index (χ0n) is 11.2. The lowest BCUT2D eigenvalue weighted by Gasteiger charge is -2.08. The van der Waals surface area contributed by atoms with E-state index in [1.165, 1.54) is 25.3 Å². The Bertz CT molecular complexity index is 750. The van der Waals surface area contributed by atoms with Crippen molar-refractivity contribution in [2.24, 2.45) is 0 Å². The summed E-state index contributed by atoms with van der Waals surface area (Å²) in [5.41, 5.74) is -0.0159. The first-order valence-electron chi connectivity index (χ1n) is 5.92. The van der Waals surface area contributed by atoms with Crippen molar-refractivity contribution in [2.45, 2.75) is 0 Å². The lowest BCUT2D eigenvalue weighted by Crippen LogP contribution is -2.11. The molecule has 0 amide bonds. The van der Waals surface area contributed by atoms with E-state index in [1.54, 1.807) is 18.2 Å². The van der Waals surface area contributed by atoms with Gasteiger partial charge in [0.05, 0.1) is 23.7 Å². The topological polar surface area (TPSA) is 78.7 Å². The van der Waals surface area contributed by atoms with Crippen molar-refractivity contribution < 1.29 is 19.2 Å². The second-order valence-electron chi connectivity index (χ2n) is 4.10. The third-order valence-corrected chi connectivity index (χ3v) is 4.15. The first-order chi connectivity index (χ1) is 10.4. The third-order valence-electron chi connectivity index (χ3n) is 2.71. The summed E-state index contributed by atoms with van der Waals surface area (Å²) in [7, 11) is 1.40. The number of nitrogens with zero attached hydrogens (tertiary/aromatic N) is 1. The Morgan fingerprint density at radius 1 is 1.27 bits per heavy atom. The minimum atomic E-state index is -0.668. The molecule has 0 N–H and O–H groups in total. The van der Waals surface area contributed by atoms with Crippen LogP contribution in [0.25, 0.3) is 0 Å². The fourth-order valence-corrected chi connectivity index (χ4v) is 2.58. The molecule has 0 aromatic heterocycles. The predicted octanol–water partition coefficient (Wildman–Crippen LogP) is 4.19. The number of hydrogen-bond acceptors (Lipinski definition) is 5. The molecule has 0 saturated carbocycles. The Morgan fingerprint density at radius 2 is 2.00 bits per heavy atom. The quantitative estimate of drug-likeness (QED) is 0.217. The fourth-order valence-electron chi connectivity index (χ4n) is 1.66. The standard InChI is InChI=1S/C14H9BrINO5/c1-21-9-3-5-13(12(7-9)17(19)20)22-14(18)10-6-8(15)2-4-11(10)16/h2-7H,1H3. The number of hydrogen-bond donors (Lipinski definition) is 0. The second kappa shape index (κ2) is 7.05. The molecule has 2 aromatic rings. The number of carbonyl (C=O) groups excluding carboxylic acids is 1. The maximum absolute atomic E-state index is 12.2. The van der Waals surface area contributed by atoms with E-state index in [9.17, 15) is 14.9 Å². The number of esters is 1. The minimum absolute atomic E-state index is 0.133. The maximum Gasteiger partial charge on any atom is 0.344 e. The second-order valence-corrected chi connectivity index (χ2v) is 6.18. The van der Waals surface area contributed by atoms with E-state index in [0.29, 0.717) is 19.4 Å². The lowest BCUT2D eigenvalue weighted by molar-refractivity contribution is -0.385. The average Bonchev–Trinajstić information content (AvgIpc) is 2.49. The van der Waals surface area contributed by atoms with Crippen molar-refractivity contribution in [3.63, 3.8) is 0 Å². The number of ether oxygens (including phenoxy) is 2. The number of methoxy groups -OCH3 is 1. The molecule has 0 fully saturated rings. The third kappa shape index (κ3) is 3.74. The Balaban J connectivity index is 2.36. The summed E-state index contributed by atoms with van der Waals surface area (Å²) in [4.78, 5) is 22.7. The van der Waals surface area contributed by atoms with Crippen molar-refractivity contribution >= 4 is 50.2 Å². The van der Waals surface area contributed by atoms with Crippen LogP contribution in [-0.4, -0.2) is 18.0 Å². The molecule has 0 saturated heterocycles. The van der Waals surface area contributed by atoms with Gasteiger partial charge in [-0.1, -0.05) is 15.9 Å². The van der Waals surface area contributed by atoms with E-state index < -0.39 is 10.9 Å². The summed E-state index contributed by atoms with van der Waals surface area (Å²) in [5, 5.41) is 11.1. The predicted molar refractivity (Wildman–Crippen MR) is 91.5 cm³/mol. The normalized spacial score (nSPS) is 10.1. The number of nitro groups is 1. The van der Waals surface area contributed by atoms with Gasteiger partial charge in [0.25, 0.3) is 0 Å². The van der Waals surface area contributed by atoms with Crippen molar-refractivity contribution in [2.75, 3.05) is 7.11 Å². The van der Waals surface area contributed by atoms with Crippen LogP contribution >= 0.6 is 38.5 Å². The molecule has 2 rings (SSSR count). The van der Waals surface area contributed by atoms with Crippen LogP contribution in [0.5, 0.6) is 11.5 Å². The molecular weight excluding hydrogens is 469 g/mol. The van der Waals surface area contributed by atoms with Crippen molar-refractivity contribution in [3.05, 3.63) is 60.1 Å². The first-order valence-corrected chi connectivity index (χ1v) is 7.79. The van der Waals surface area contributed by atoms with E-state index >= 15 is 0 Å². The number of rotatable bonds is 4. The Kier molecular flexibility index (Phi) is 5.35. The van der Waals surface area contributed by atoms with Crippen LogP contribution in [0.15, 0.2) is 40.9 Å². The zero-order valence-corrected chi connectivity index (χ0v) is 15.0. The summed E-state index contributed by atoms with van der Waals surface area (Å²) < 4.78 is 11.5. The van der Waals surface area contributed by atoms with Gasteiger partial charge in [0, 0.05) is 8.04 Å². The SMILES string of the molecule is COc1ccc(OC(=O)c2cc(Br)ccc2I)c([N+](=O)[O-])c1. The van der Waals surface area contributed by atoms with E-state index in [2.05, 4.69) is 15.9 Å². The molecule has 22 heavy (non-hydrogen) atoms. The monoisotopic (exact) mass is 477 g/mol. The van der Waals surface area contributed by atoms with Crippen LogP contribution in [0.4, 0.5) is 5.69 Å². The molecule has 2 aromatic carbocycles. The Labute approximate surface area is 147 Å². The summed E-state index contributed by atoms with van der Waals surface area (Å²) in [6.07, 6.45) is 0. The summed E-state index contributed by atoms with van der Waals surface area (Å²) in [6, 6.07) is 9.15. The molecule has 0 aliphatic carbocycles. The molecule has 8 heteroatoms. The highest BCUT2D eigenvalue weighted by atomic mass is 127. The van der Waals surface area contributed by atoms with Gasteiger partial charge in [-0.3, -0.25) is 10.1 Å². The van der Waals surface area contributed by atoms with Crippen LogP contribution in [0.1, 0.15) is 10.4 Å². The van der Waals surface area contributed by atoms with E-state index in [1.807, 2.05) is 22.6 Å². The molecule has 0 atom stereocenters. The lowest BCUT2D eigenvalue weighted by atomic mass is 10.2. The van der Waals surface area contributed by atoms with Gasteiger partial charge < -0.3 is 9.47 Å². The van der Waals surface area contributed by atoms with Gasteiger partial charge in [-0.25, -0.2) is 4.79 Å². The molecule has 0 aliphatic heterocycles. The van der Waals surface area contributed by atoms with Crippen LogP contribution in [0, 0.1) is 13.7 Å². The molecule has 0 bridgehead atoms. The highest BCUT2D eigenvalue weighted by molar-refractivity contribution is 14.1. The molecule has 0 unspecified atom stereocenters. The molecule has 0 radical (unpaired) electrons. The van der Waals surface area contributed by atoms with Crippen molar-refractivity contribution in [1.29, 1.82) is 0 Å². The van der Waals surface area contributed by atoms with E-state index in [4.69, 9.17) is 9.47 Å². The van der Waals surface area contributed by atoms with Crippen LogP contribution in [-0.2, 0) is 0 Å². The van der Waals surface area contributed by atoms with Crippen molar-refractivity contribution in [3.8, 4) is 11.5 Å². The van der Waals surface area contributed by atoms with Gasteiger partial charge in [-0.05, 0) is 52.9 Å². The van der Waals surface area contributed by atoms with Crippen molar-refractivity contribution in [1.82, 2.24) is 0 Å². The summed E-state index contributed by atoms with van der Waals surface area (Å²) in [5.74, 6) is -0.492. The van der Waals surface area contributed by atoms with Crippen LogP contribution < -0.4 is 9.47 Å². The van der Waals surface area contributed by atoms with E-state index in [-0.39, 0.29) is 11.4 Å². The molecule has 6 nitrogen and oxygen atoms in total.